The first kappa shape index (κ1) is 18.5. The van der Waals surface area contributed by atoms with Gasteiger partial charge in [0.15, 0.2) is 0 Å². The summed E-state index contributed by atoms with van der Waals surface area (Å²) in [5.41, 5.74) is -0.400. The van der Waals surface area contributed by atoms with Gasteiger partial charge in [0.05, 0.1) is 0 Å². The predicted molar refractivity (Wildman–Crippen MR) is 93.6 cm³/mol. The molecule has 1 amide bonds. The fourth-order valence-electron chi connectivity index (χ4n) is 3.50. The van der Waals surface area contributed by atoms with E-state index in [4.69, 9.17) is 4.74 Å². The first-order chi connectivity index (χ1) is 10.9. The molecule has 5 nitrogen and oxygen atoms in total. The van der Waals surface area contributed by atoms with E-state index in [0.29, 0.717) is 5.92 Å². The Kier molecular flexibility index (Phi) is 6.72. The van der Waals surface area contributed by atoms with Gasteiger partial charge in [-0.25, -0.2) is 4.79 Å². The molecule has 0 aliphatic carbocycles. The van der Waals surface area contributed by atoms with E-state index in [2.05, 4.69) is 17.1 Å². The molecule has 134 valence electrons. The number of hydrogen-bond acceptors (Lipinski definition) is 4. The quantitative estimate of drug-likeness (QED) is 0.844. The molecular formula is C18H35N3O2. The maximum atomic E-state index is 12.1. The average molecular weight is 325 g/mol. The molecule has 1 unspecified atom stereocenters. The number of carbonyl (C=O) groups is 1. The van der Waals surface area contributed by atoms with E-state index in [1.54, 1.807) is 0 Å². The van der Waals surface area contributed by atoms with Gasteiger partial charge in [0.25, 0.3) is 0 Å². The molecule has 23 heavy (non-hydrogen) atoms. The Bertz CT molecular complexity index is 373. The van der Waals surface area contributed by atoms with Crippen LogP contribution < -0.4 is 5.32 Å². The van der Waals surface area contributed by atoms with Crippen molar-refractivity contribution < 1.29 is 9.53 Å². The molecule has 0 aromatic heterocycles. The normalized spacial score (nSPS) is 24.2. The van der Waals surface area contributed by atoms with Crippen LogP contribution in [0.5, 0.6) is 0 Å². The van der Waals surface area contributed by atoms with Gasteiger partial charge < -0.3 is 19.9 Å². The molecule has 2 rings (SSSR count). The first-order valence-corrected chi connectivity index (χ1v) is 9.28. The molecule has 2 heterocycles. The van der Waals surface area contributed by atoms with Crippen molar-refractivity contribution in [2.45, 2.75) is 52.6 Å². The van der Waals surface area contributed by atoms with Crippen LogP contribution in [-0.2, 0) is 4.74 Å². The smallest absolute Gasteiger partial charge is 0.410 e. The van der Waals surface area contributed by atoms with Crippen LogP contribution in [0.1, 0.15) is 47.0 Å². The standard InChI is InChI=1S/C18H35N3O2/c1-5-20-9-6-16(14-20)13-19-12-15-7-10-21(11-8-15)17(22)23-18(2,3)4/h15-16,19H,5-14H2,1-4H3. The minimum atomic E-state index is -0.400. The predicted octanol–water partition coefficient (Wildman–Crippen LogP) is 2.56. The molecule has 2 saturated heterocycles. The summed E-state index contributed by atoms with van der Waals surface area (Å²) in [4.78, 5) is 16.4. The van der Waals surface area contributed by atoms with Crippen molar-refractivity contribution >= 4 is 6.09 Å². The summed E-state index contributed by atoms with van der Waals surface area (Å²) in [6, 6.07) is 0. The Morgan fingerprint density at radius 3 is 2.26 bits per heavy atom. The Labute approximate surface area is 141 Å². The largest absolute Gasteiger partial charge is 0.444 e. The van der Waals surface area contributed by atoms with E-state index in [0.717, 1.165) is 44.9 Å². The summed E-state index contributed by atoms with van der Waals surface area (Å²) in [6.45, 7) is 15.6. The van der Waals surface area contributed by atoms with Gasteiger partial charge in [-0.05, 0) is 78.0 Å². The lowest BCUT2D eigenvalue weighted by Gasteiger charge is -2.33. The number of piperidine rings is 1. The van der Waals surface area contributed by atoms with Crippen molar-refractivity contribution in [2.24, 2.45) is 11.8 Å². The molecule has 1 atom stereocenters. The van der Waals surface area contributed by atoms with Crippen LogP contribution in [0.15, 0.2) is 0 Å². The molecule has 1 N–H and O–H groups in total. The highest BCUT2D eigenvalue weighted by molar-refractivity contribution is 5.68. The summed E-state index contributed by atoms with van der Waals surface area (Å²) in [7, 11) is 0. The molecular weight excluding hydrogens is 290 g/mol. The Balaban J connectivity index is 1.59. The Morgan fingerprint density at radius 1 is 1.09 bits per heavy atom. The van der Waals surface area contributed by atoms with E-state index >= 15 is 0 Å². The number of amides is 1. The van der Waals surface area contributed by atoms with E-state index in [9.17, 15) is 4.79 Å². The minimum Gasteiger partial charge on any atom is -0.444 e. The molecule has 2 aliphatic rings. The molecule has 0 radical (unpaired) electrons. The molecule has 2 aliphatic heterocycles. The number of carbonyl (C=O) groups excluding carboxylic acids is 1. The van der Waals surface area contributed by atoms with Crippen molar-refractivity contribution in [1.82, 2.24) is 15.1 Å². The molecule has 0 bridgehead atoms. The highest BCUT2D eigenvalue weighted by atomic mass is 16.6. The molecule has 0 aromatic rings. The van der Waals surface area contributed by atoms with Gasteiger partial charge in [0, 0.05) is 19.6 Å². The second-order valence-corrected chi connectivity index (χ2v) is 8.12. The van der Waals surface area contributed by atoms with Crippen LogP contribution in [0.2, 0.25) is 0 Å². The van der Waals surface area contributed by atoms with Gasteiger partial charge in [0.2, 0.25) is 0 Å². The van der Waals surface area contributed by atoms with Crippen LogP contribution in [0, 0.1) is 11.8 Å². The summed E-state index contributed by atoms with van der Waals surface area (Å²) < 4.78 is 5.45. The fraction of sp³-hybridized carbons (Fsp3) is 0.944. The molecule has 2 fully saturated rings. The van der Waals surface area contributed by atoms with Crippen molar-refractivity contribution in [3.8, 4) is 0 Å². The lowest BCUT2D eigenvalue weighted by atomic mass is 9.96. The summed E-state index contributed by atoms with van der Waals surface area (Å²) in [5, 5.41) is 3.66. The van der Waals surface area contributed by atoms with E-state index in [1.807, 2.05) is 25.7 Å². The summed E-state index contributed by atoms with van der Waals surface area (Å²) in [5.74, 6) is 1.51. The Morgan fingerprint density at radius 2 is 1.70 bits per heavy atom. The van der Waals surface area contributed by atoms with Gasteiger partial charge in [-0.1, -0.05) is 6.92 Å². The summed E-state index contributed by atoms with van der Waals surface area (Å²) >= 11 is 0. The van der Waals surface area contributed by atoms with Crippen molar-refractivity contribution in [2.75, 3.05) is 45.8 Å². The number of likely N-dealkylation sites (tertiary alicyclic amines) is 2. The second-order valence-electron chi connectivity index (χ2n) is 8.12. The monoisotopic (exact) mass is 325 g/mol. The van der Waals surface area contributed by atoms with Crippen LogP contribution in [0.3, 0.4) is 0 Å². The zero-order valence-electron chi connectivity index (χ0n) is 15.4. The van der Waals surface area contributed by atoms with E-state index in [1.165, 1.54) is 26.1 Å². The fourth-order valence-corrected chi connectivity index (χ4v) is 3.50. The lowest BCUT2D eigenvalue weighted by molar-refractivity contribution is 0.0184. The maximum absolute atomic E-state index is 12.1. The molecule has 5 heteroatoms. The van der Waals surface area contributed by atoms with Crippen LogP contribution in [-0.4, -0.2) is 67.3 Å². The zero-order chi connectivity index (χ0) is 16.9. The van der Waals surface area contributed by atoms with Crippen LogP contribution >= 0.6 is 0 Å². The van der Waals surface area contributed by atoms with E-state index in [-0.39, 0.29) is 6.09 Å². The number of ether oxygens (including phenoxy) is 1. The first-order valence-electron chi connectivity index (χ1n) is 9.28. The van der Waals surface area contributed by atoms with Gasteiger partial charge in [-0.3, -0.25) is 0 Å². The third-order valence-electron chi connectivity index (χ3n) is 4.95. The second kappa shape index (κ2) is 8.34. The molecule has 0 aromatic carbocycles. The number of nitrogens with zero attached hydrogens (tertiary/aromatic N) is 2. The van der Waals surface area contributed by atoms with Crippen molar-refractivity contribution in [3.05, 3.63) is 0 Å². The number of rotatable bonds is 5. The number of hydrogen-bond donors (Lipinski definition) is 1. The summed E-state index contributed by atoms with van der Waals surface area (Å²) in [6.07, 6.45) is 3.34. The highest BCUT2D eigenvalue weighted by Crippen LogP contribution is 2.20. The van der Waals surface area contributed by atoms with Crippen molar-refractivity contribution in [3.63, 3.8) is 0 Å². The van der Waals surface area contributed by atoms with Gasteiger partial charge in [-0.15, -0.1) is 0 Å². The molecule has 0 spiro atoms. The van der Waals surface area contributed by atoms with Gasteiger partial charge >= 0.3 is 6.09 Å². The SMILES string of the molecule is CCN1CCC(CNCC2CCN(C(=O)OC(C)(C)C)CC2)C1. The maximum Gasteiger partial charge on any atom is 0.410 e. The Hall–Kier alpha value is -0.810. The lowest BCUT2D eigenvalue weighted by Crippen LogP contribution is -2.43. The van der Waals surface area contributed by atoms with Crippen molar-refractivity contribution in [1.29, 1.82) is 0 Å². The average Bonchev–Trinajstić information content (AvgIpc) is 2.94. The van der Waals surface area contributed by atoms with E-state index < -0.39 is 5.60 Å². The zero-order valence-corrected chi connectivity index (χ0v) is 15.4. The van der Waals surface area contributed by atoms with Crippen LogP contribution in [0.25, 0.3) is 0 Å². The van der Waals surface area contributed by atoms with Gasteiger partial charge in [0.1, 0.15) is 5.60 Å². The number of nitrogens with one attached hydrogen (secondary N) is 1. The minimum absolute atomic E-state index is 0.158. The molecule has 0 saturated carbocycles. The third-order valence-corrected chi connectivity index (χ3v) is 4.95. The highest BCUT2D eigenvalue weighted by Gasteiger charge is 2.27. The third kappa shape index (κ3) is 6.30. The van der Waals surface area contributed by atoms with Gasteiger partial charge in [-0.2, -0.15) is 0 Å². The van der Waals surface area contributed by atoms with Crippen LogP contribution in [0.4, 0.5) is 4.79 Å². The topological polar surface area (TPSA) is 44.8 Å².